The van der Waals surface area contributed by atoms with E-state index in [4.69, 9.17) is 0 Å². The molecule has 3 atom stereocenters. The zero-order chi connectivity index (χ0) is 21.8. The maximum atomic E-state index is 15.0. The lowest BCUT2D eigenvalue weighted by molar-refractivity contribution is -0.172. The number of carbonyl (C=O) groups excluding carboxylic acids is 3. The second-order valence-corrected chi connectivity index (χ2v) is 9.17. The molecule has 0 spiro atoms. The van der Waals surface area contributed by atoms with Gasteiger partial charge in [-0.05, 0) is 36.5 Å². The molecule has 0 aromatic heterocycles. The van der Waals surface area contributed by atoms with E-state index in [0.29, 0.717) is 37.9 Å². The SMILES string of the molecule is O=C1CCC(N2Cc3ccc(CNC45CCCC(CNC4)C5(F)F)cc3C2=O)C(=O)N1. The normalized spacial score (nSPS) is 32.1. The van der Waals surface area contributed by atoms with Gasteiger partial charge in [0.1, 0.15) is 6.04 Å². The molecule has 1 aromatic rings. The number of fused-ring (bicyclic) bond motifs is 3. The molecule has 9 heteroatoms. The Kier molecular flexibility index (Phi) is 4.86. The minimum absolute atomic E-state index is 0.205. The largest absolute Gasteiger partial charge is 0.322 e. The lowest BCUT2D eigenvalue weighted by Gasteiger charge is -2.52. The van der Waals surface area contributed by atoms with Crippen molar-refractivity contribution < 1.29 is 23.2 Å². The number of nitrogens with zero attached hydrogens (tertiary/aromatic N) is 1. The molecule has 1 saturated carbocycles. The molecule has 4 aliphatic rings. The number of imide groups is 1. The van der Waals surface area contributed by atoms with Gasteiger partial charge in [-0.3, -0.25) is 19.7 Å². The van der Waals surface area contributed by atoms with Gasteiger partial charge >= 0.3 is 0 Å². The third-order valence-corrected chi connectivity index (χ3v) is 7.35. The molecule has 1 aliphatic carbocycles. The number of nitrogens with one attached hydrogen (secondary N) is 3. The van der Waals surface area contributed by atoms with Crippen LogP contribution in [0.4, 0.5) is 8.78 Å². The lowest BCUT2D eigenvalue weighted by atomic mass is 9.69. The van der Waals surface area contributed by atoms with Gasteiger partial charge in [-0.1, -0.05) is 18.6 Å². The van der Waals surface area contributed by atoms with Crippen LogP contribution in [0.15, 0.2) is 18.2 Å². The standard InChI is InChI=1S/C22H26F2N4O3/c23-22(24)15-2-1-7-21(22,12-25-10-15)26-9-13-3-4-14-11-28(20(31)16(14)8-13)17-5-6-18(29)27-19(17)30/h3-4,8,15,17,25-26H,1-2,5-7,9-12H2,(H,27,29,30). The summed E-state index contributed by atoms with van der Waals surface area (Å²) in [4.78, 5) is 38.0. The second kappa shape index (κ2) is 7.34. The first kappa shape index (κ1) is 20.5. The van der Waals surface area contributed by atoms with Crippen molar-refractivity contribution in [3.63, 3.8) is 0 Å². The van der Waals surface area contributed by atoms with Gasteiger partial charge in [0.05, 0.1) is 5.54 Å². The van der Waals surface area contributed by atoms with Crippen LogP contribution in [-0.4, -0.2) is 53.2 Å². The summed E-state index contributed by atoms with van der Waals surface area (Å²) in [5.41, 5.74) is 0.793. The molecule has 5 rings (SSSR count). The maximum absolute atomic E-state index is 15.0. The number of halogens is 2. The monoisotopic (exact) mass is 432 g/mol. The van der Waals surface area contributed by atoms with Crippen molar-refractivity contribution in [3.8, 4) is 0 Å². The number of alkyl halides is 2. The molecule has 3 amide bonds. The molecule has 3 unspecified atom stereocenters. The van der Waals surface area contributed by atoms with Crippen molar-refractivity contribution in [2.75, 3.05) is 13.1 Å². The number of piperidine rings is 2. The molecule has 3 aliphatic heterocycles. The van der Waals surface area contributed by atoms with E-state index >= 15 is 8.78 Å². The van der Waals surface area contributed by atoms with Crippen LogP contribution in [0.1, 0.15) is 53.6 Å². The highest BCUT2D eigenvalue weighted by molar-refractivity contribution is 6.05. The topological polar surface area (TPSA) is 90.5 Å². The Balaban J connectivity index is 1.31. The molecular weight excluding hydrogens is 406 g/mol. The minimum atomic E-state index is -2.77. The van der Waals surface area contributed by atoms with Crippen LogP contribution in [0.25, 0.3) is 0 Å². The van der Waals surface area contributed by atoms with Crippen molar-refractivity contribution in [2.24, 2.45) is 5.92 Å². The summed E-state index contributed by atoms with van der Waals surface area (Å²) in [6.45, 7) is 1.12. The number of rotatable bonds is 4. The lowest BCUT2D eigenvalue weighted by Crippen LogP contribution is -2.72. The van der Waals surface area contributed by atoms with Crippen LogP contribution >= 0.6 is 0 Å². The summed E-state index contributed by atoms with van der Waals surface area (Å²) in [5.74, 6) is -4.45. The molecule has 166 valence electrons. The Morgan fingerprint density at radius 2 is 2.03 bits per heavy atom. The summed E-state index contributed by atoms with van der Waals surface area (Å²) in [6.07, 6.45) is 2.24. The molecular formula is C22H26F2N4O3. The fraction of sp³-hybridized carbons (Fsp3) is 0.591. The Morgan fingerprint density at radius 1 is 1.19 bits per heavy atom. The molecule has 0 radical (unpaired) electrons. The Labute approximate surface area is 178 Å². The highest BCUT2D eigenvalue weighted by atomic mass is 19.3. The fourth-order valence-corrected chi connectivity index (χ4v) is 5.54. The smallest absolute Gasteiger partial charge is 0.271 e. The molecule has 3 N–H and O–H groups in total. The quantitative estimate of drug-likeness (QED) is 0.625. The third kappa shape index (κ3) is 3.25. The van der Waals surface area contributed by atoms with Gasteiger partial charge in [-0.25, -0.2) is 8.78 Å². The van der Waals surface area contributed by atoms with Gasteiger partial charge < -0.3 is 15.5 Å². The zero-order valence-corrected chi connectivity index (χ0v) is 17.2. The van der Waals surface area contributed by atoms with E-state index in [-0.39, 0.29) is 31.3 Å². The minimum Gasteiger partial charge on any atom is -0.322 e. The molecule has 31 heavy (non-hydrogen) atoms. The highest BCUT2D eigenvalue weighted by Crippen LogP contribution is 2.47. The van der Waals surface area contributed by atoms with E-state index in [2.05, 4.69) is 16.0 Å². The molecule has 3 fully saturated rings. The second-order valence-electron chi connectivity index (χ2n) is 9.17. The number of hydrogen-bond acceptors (Lipinski definition) is 5. The number of amides is 3. The van der Waals surface area contributed by atoms with Gasteiger partial charge in [0.25, 0.3) is 11.8 Å². The predicted molar refractivity (Wildman–Crippen MR) is 107 cm³/mol. The van der Waals surface area contributed by atoms with Crippen LogP contribution in [0.2, 0.25) is 0 Å². The van der Waals surface area contributed by atoms with Crippen molar-refractivity contribution in [2.45, 2.75) is 62.7 Å². The van der Waals surface area contributed by atoms with E-state index in [1.807, 2.05) is 12.1 Å². The van der Waals surface area contributed by atoms with Crippen LogP contribution < -0.4 is 16.0 Å². The Morgan fingerprint density at radius 3 is 2.84 bits per heavy atom. The number of hydrogen-bond donors (Lipinski definition) is 3. The fourth-order valence-electron chi connectivity index (χ4n) is 5.54. The molecule has 2 bridgehead atoms. The summed E-state index contributed by atoms with van der Waals surface area (Å²) in [5, 5.41) is 8.57. The van der Waals surface area contributed by atoms with Crippen LogP contribution in [0.5, 0.6) is 0 Å². The third-order valence-electron chi connectivity index (χ3n) is 7.35. The van der Waals surface area contributed by atoms with Crippen LogP contribution in [0.3, 0.4) is 0 Å². The highest BCUT2D eigenvalue weighted by Gasteiger charge is 2.61. The van der Waals surface area contributed by atoms with Gasteiger partial charge in [-0.2, -0.15) is 0 Å². The van der Waals surface area contributed by atoms with Gasteiger partial charge in [0, 0.05) is 44.1 Å². The van der Waals surface area contributed by atoms with Gasteiger partial charge in [-0.15, -0.1) is 0 Å². The summed E-state index contributed by atoms with van der Waals surface area (Å²) in [7, 11) is 0. The van der Waals surface area contributed by atoms with E-state index in [9.17, 15) is 14.4 Å². The van der Waals surface area contributed by atoms with Gasteiger partial charge in [0.15, 0.2) is 0 Å². The first-order valence-electron chi connectivity index (χ1n) is 10.9. The maximum Gasteiger partial charge on any atom is 0.271 e. The molecule has 7 nitrogen and oxygen atoms in total. The van der Waals surface area contributed by atoms with Crippen molar-refractivity contribution in [1.82, 2.24) is 20.9 Å². The Bertz CT molecular complexity index is 941. The van der Waals surface area contributed by atoms with Crippen molar-refractivity contribution in [3.05, 3.63) is 34.9 Å². The van der Waals surface area contributed by atoms with E-state index < -0.39 is 29.3 Å². The molecule has 3 heterocycles. The van der Waals surface area contributed by atoms with Crippen molar-refractivity contribution >= 4 is 17.7 Å². The van der Waals surface area contributed by atoms with Gasteiger partial charge in [0.2, 0.25) is 11.8 Å². The molecule has 2 saturated heterocycles. The zero-order valence-electron chi connectivity index (χ0n) is 17.2. The van der Waals surface area contributed by atoms with Crippen LogP contribution in [-0.2, 0) is 22.7 Å². The van der Waals surface area contributed by atoms with E-state index in [0.717, 1.165) is 17.5 Å². The summed E-state index contributed by atoms with van der Waals surface area (Å²) < 4.78 is 30.1. The molecule has 1 aromatic carbocycles. The Hall–Kier alpha value is -2.39. The average molecular weight is 432 g/mol. The predicted octanol–water partition coefficient (Wildman–Crippen LogP) is 1.31. The number of carbonyl (C=O) groups is 3. The number of benzene rings is 1. The van der Waals surface area contributed by atoms with Crippen LogP contribution in [0, 0.1) is 5.92 Å². The summed E-state index contributed by atoms with van der Waals surface area (Å²) >= 11 is 0. The van der Waals surface area contributed by atoms with E-state index in [1.165, 1.54) is 4.90 Å². The first-order chi connectivity index (χ1) is 14.8. The summed E-state index contributed by atoms with van der Waals surface area (Å²) in [6, 6.07) is 4.75. The first-order valence-corrected chi connectivity index (χ1v) is 10.9. The van der Waals surface area contributed by atoms with Crippen molar-refractivity contribution in [1.29, 1.82) is 0 Å². The van der Waals surface area contributed by atoms with E-state index in [1.54, 1.807) is 6.07 Å². The average Bonchev–Trinajstić information content (AvgIpc) is 3.02.